The fraction of sp³-hybridized carbons (Fsp3) is 0.227. The number of carbonyl (C=O) groups excluding carboxylic acids is 1. The lowest BCUT2D eigenvalue weighted by Crippen LogP contribution is -2.19. The van der Waals surface area contributed by atoms with E-state index in [1.165, 1.54) is 0 Å². The zero-order chi connectivity index (χ0) is 22.2. The van der Waals surface area contributed by atoms with Gasteiger partial charge in [0.05, 0.1) is 5.69 Å². The number of nitrogens with zero attached hydrogens (tertiary/aromatic N) is 2. The lowest BCUT2D eigenvalue weighted by molar-refractivity contribution is 0.262. The van der Waals surface area contributed by atoms with Crippen LogP contribution in [0.1, 0.15) is 26.5 Å². The molecular weight excluding hydrogens is 412 g/mol. The number of amides is 2. The van der Waals surface area contributed by atoms with E-state index in [9.17, 15) is 4.79 Å². The molecule has 0 fully saturated rings. The van der Waals surface area contributed by atoms with Crippen molar-refractivity contribution in [2.75, 3.05) is 10.6 Å². The van der Waals surface area contributed by atoms with Crippen molar-refractivity contribution in [3.63, 3.8) is 0 Å². The van der Waals surface area contributed by atoms with Crippen molar-refractivity contribution in [3.8, 4) is 11.3 Å². The van der Waals surface area contributed by atoms with Crippen LogP contribution in [0.15, 0.2) is 59.3 Å². The summed E-state index contributed by atoms with van der Waals surface area (Å²) in [6.07, 6.45) is 7.74. The Hall–Kier alpha value is -3.43. The number of benzene rings is 1. The van der Waals surface area contributed by atoms with Crippen molar-refractivity contribution >= 4 is 35.5 Å². The molecule has 1 aromatic carbocycles. The molecule has 0 saturated heterocycles. The highest BCUT2D eigenvalue weighted by molar-refractivity contribution is 7.71. The summed E-state index contributed by atoms with van der Waals surface area (Å²) >= 11 is 5.43. The van der Waals surface area contributed by atoms with E-state index in [0.717, 1.165) is 17.0 Å². The van der Waals surface area contributed by atoms with Gasteiger partial charge in [0.25, 0.3) is 0 Å². The second kappa shape index (κ2) is 8.01. The zero-order valence-electron chi connectivity index (χ0n) is 17.5. The van der Waals surface area contributed by atoms with E-state index < -0.39 is 6.03 Å². The Bertz CT molecular complexity index is 1220. The van der Waals surface area contributed by atoms with Crippen molar-refractivity contribution in [2.24, 2.45) is 5.73 Å². The van der Waals surface area contributed by atoms with Crippen LogP contribution in [0.5, 0.6) is 0 Å². The Morgan fingerprint density at radius 2 is 2.00 bits per heavy atom. The van der Waals surface area contributed by atoms with Gasteiger partial charge in [0.1, 0.15) is 5.76 Å². The van der Waals surface area contributed by atoms with Gasteiger partial charge in [-0.25, -0.2) is 4.79 Å². The largest absolute Gasteiger partial charge is 0.359 e. The molecule has 0 spiro atoms. The van der Waals surface area contributed by atoms with Crippen LogP contribution < -0.4 is 16.4 Å². The molecule has 8 nitrogen and oxygen atoms in total. The van der Waals surface area contributed by atoms with E-state index in [1.807, 2.05) is 74.0 Å². The lowest BCUT2D eigenvalue weighted by atomic mass is 9.93. The molecule has 2 amide bonds. The summed E-state index contributed by atoms with van der Waals surface area (Å²) in [4.78, 5) is 15.5. The number of aromatic nitrogens is 3. The number of hydrogen-bond acceptors (Lipinski definition) is 5. The molecule has 4 rings (SSSR count). The van der Waals surface area contributed by atoms with Gasteiger partial charge >= 0.3 is 6.03 Å². The molecule has 0 bridgehead atoms. The maximum absolute atomic E-state index is 12.3. The fourth-order valence-corrected chi connectivity index (χ4v) is 3.38. The van der Waals surface area contributed by atoms with Gasteiger partial charge in [-0.15, -0.1) is 0 Å². The Kier molecular flexibility index (Phi) is 5.38. The lowest BCUT2D eigenvalue weighted by Gasteiger charge is -2.12. The number of rotatable bonds is 4. The highest BCUT2D eigenvalue weighted by Crippen LogP contribution is 2.25. The van der Waals surface area contributed by atoms with Gasteiger partial charge in [-0.3, -0.25) is 9.88 Å². The summed E-state index contributed by atoms with van der Waals surface area (Å²) in [5, 5.41) is 9.34. The second-order valence-electron chi connectivity index (χ2n) is 8.35. The van der Waals surface area contributed by atoms with Gasteiger partial charge in [-0.05, 0) is 42.1 Å². The molecular formula is C22H24N6O2S. The monoisotopic (exact) mass is 436 g/mol. The van der Waals surface area contributed by atoms with Crippen LogP contribution in [-0.2, 0) is 5.41 Å². The summed E-state index contributed by atoms with van der Waals surface area (Å²) < 4.78 is 7.75. The van der Waals surface area contributed by atoms with Crippen molar-refractivity contribution in [1.29, 1.82) is 0 Å². The molecule has 1 unspecified atom stereocenters. The van der Waals surface area contributed by atoms with Crippen LogP contribution in [0, 0.1) is 4.77 Å². The smallest absolute Gasteiger partial charge is 0.324 e. The third-order valence-electron chi connectivity index (χ3n) is 4.79. The first-order valence-electron chi connectivity index (χ1n) is 9.82. The summed E-state index contributed by atoms with van der Waals surface area (Å²) in [5.74, 6) is 1.06. The Morgan fingerprint density at radius 1 is 1.26 bits per heavy atom. The van der Waals surface area contributed by atoms with Gasteiger partial charge in [-0.1, -0.05) is 44.1 Å². The van der Waals surface area contributed by atoms with Gasteiger partial charge in [0.15, 0.2) is 10.6 Å². The van der Waals surface area contributed by atoms with Gasteiger partial charge in [0, 0.05) is 35.1 Å². The van der Waals surface area contributed by atoms with Gasteiger partial charge in [-0.2, -0.15) is 0 Å². The van der Waals surface area contributed by atoms with Crippen LogP contribution in [0.3, 0.4) is 0 Å². The Morgan fingerprint density at radius 3 is 2.61 bits per heavy atom. The number of nitrogens with two attached hydrogens (primary N) is 1. The first-order valence-corrected chi connectivity index (χ1v) is 10.2. The number of carbonyl (C=O) groups is 1. The molecule has 1 aliphatic carbocycles. The van der Waals surface area contributed by atoms with E-state index in [-0.39, 0.29) is 11.5 Å². The molecule has 1 aliphatic rings. The highest BCUT2D eigenvalue weighted by Gasteiger charge is 2.20. The molecule has 31 heavy (non-hydrogen) atoms. The van der Waals surface area contributed by atoms with E-state index in [2.05, 4.69) is 20.8 Å². The Labute approximate surface area is 184 Å². The van der Waals surface area contributed by atoms with E-state index in [4.69, 9.17) is 22.5 Å². The SMILES string of the molecule is CC(C)(C)c1cc(NC(=O)Nc2ccc(-c3cn(C4=CC(N)C=C4)c(=S)[nH]3)cc2)no1. The number of hydrogen-bond donors (Lipinski definition) is 4. The molecule has 1 atom stereocenters. The molecule has 3 aromatic rings. The summed E-state index contributed by atoms with van der Waals surface area (Å²) in [7, 11) is 0. The quantitative estimate of drug-likeness (QED) is 0.435. The number of imidazole rings is 1. The average Bonchev–Trinajstić information content (AvgIpc) is 3.42. The number of anilines is 2. The number of nitrogens with one attached hydrogen (secondary N) is 3. The average molecular weight is 437 g/mol. The summed E-state index contributed by atoms with van der Waals surface area (Å²) in [6, 6.07) is 8.66. The van der Waals surface area contributed by atoms with Crippen molar-refractivity contribution in [3.05, 3.63) is 65.3 Å². The Balaban J connectivity index is 1.42. The molecule has 2 aromatic heterocycles. The minimum atomic E-state index is -0.400. The number of allylic oxidation sites excluding steroid dienone is 2. The molecule has 2 heterocycles. The molecule has 0 radical (unpaired) electrons. The predicted molar refractivity (Wildman–Crippen MR) is 124 cm³/mol. The summed E-state index contributed by atoms with van der Waals surface area (Å²) in [6.45, 7) is 6.03. The third-order valence-corrected chi connectivity index (χ3v) is 5.09. The van der Waals surface area contributed by atoms with Gasteiger partial charge in [0.2, 0.25) is 0 Å². The maximum atomic E-state index is 12.3. The highest BCUT2D eigenvalue weighted by atomic mass is 32.1. The van der Waals surface area contributed by atoms with Gasteiger partial charge < -0.3 is 20.6 Å². The van der Waals surface area contributed by atoms with Crippen LogP contribution in [0.2, 0.25) is 0 Å². The molecule has 9 heteroatoms. The topological polar surface area (TPSA) is 114 Å². The van der Waals surface area contributed by atoms with E-state index in [0.29, 0.717) is 22.0 Å². The van der Waals surface area contributed by atoms with Crippen molar-refractivity contribution < 1.29 is 9.32 Å². The zero-order valence-corrected chi connectivity index (χ0v) is 18.3. The standard InChI is InChI=1S/C22H24N6O2S/c1-22(2,3)18-11-19(27-30-18)26-20(29)24-15-7-4-13(5-8-15)17-12-28(21(31)25-17)16-9-6-14(23)10-16/h4-12,14H,23H2,1-3H3,(H,25,31)(H2,24,26,27,29). The van der Waals surface area contributed by atoms with Crippen LogP contribution >= 0.6 is 12.2 Å². The predicted octanol–water partition coefficient (Wildman–Crippen LogP) is 4.88. The van der Waals surface area contributed by atoms with E-state index >= 15 is 0 Å². The molecule has 0 saturated carbocycles. The minimum absolute atomic E-state index is 0.0935. The van der Waals surface area contributed by atoms with Crippen LogP contribution in [-0.4, -0.2) is 26.8 Å². The van der Waals surface area contributed by atoms with Crippen molar-refractivity contribution in [1.82, 2.24) is 14.7 Å². The van der Waals surface area contributed by atoms with Crippen LogP contribution in [0.4, 0.5) is 16.3 Å². The number of aromatic amines is 1. The first kappa shape index (κ1) is 20.8. The minimum Gasteiger partial charge on any atom is -0.359 e. The fourth-order valence-electron chi connectivity index (χ4n) is 3.11. The third kappa shape index (κ3) is 4.68. The summed E-state index contributed by atoms with van der Waals surface area (Å²) in [5.41, 5.74) is 9.10. The number of urea groups is 1. The molecule has 5 N–H and O–H groups in total. The van der Waals surface area contributed by atoms with E-state index in [1.54, 1.807) is 6.07 Å². The molecule has 0 aliphatic heterocycles. The van der Waals surface area contributed by atoms with Crippen LogP contribution in [0.25, 0.3) is 17.0 Å². The normalized spacial score (nSPS) is 15.7. The molecule has 160 valence electrons. The second-order valence-corrected chi connectivity index (χ2v) is 8.74. The first-order chi connectivity index (χ1) is 14.7. The maximum Gasteiger partial charge on any atom is 0.324 e. The number of H-pyrrole nitrogens is 1. The van der Waals surface area contributed by atoms with Crippen molar-refractivity contribution in [2.45, 2.75) is 32.2 Å².